The monoisotopic (exact) mass is 739 g/mol. The molecule has 17 nitrogen and oxygen atoms in total. The lowest BCUT2D eigenvalue weighted by Crippen LogP contribution is -2.68. The van der Waals surface area contributed by atoms with Gasteiger partial charge in [0.25, 0.3) is 0 Å². The average molecular weight is 740 g/mol. The molecule has 0 bridgehead atoms. The van der Waals surface area contributed by atoms with Gasteiger partial charge in [0.1, 0.15) is 47.0 Å². The molecule has 1 aromatic heterocycles. The maximum absolute atomic E-state index is 14.5. The molecule has 0 radical (unpaired) electrons. The molecule has 12 N–H and O–H groups in total. The third-order valence-corrected chi connectivity index (χ3v) is 9.74. The smallest absolute Gasteiger partial charge is 0.229 e. The van der Waals surface area contributed by atoms with Gasteiger partial charge in [0.15, 0.2) is 11.7 Å². The van der Waals surface area contributed by atoms with E-state index in [-0.39, 0.29) is 77.1 Å². The molecule has 5 atom stereocenters. The van der Waals surface area contributed by atoms with Crippen molar-refractivity contribution in [2.75, 3.05) is 33.1 Å². The molecule has 17 heteroatoms. The Hall–Kier alpha value is -4.88. The number of phenols is 1. The van der Waals surface area contributed by atoms with Gasteiger partial charge in [-0.25, -0.2) is 4.98 Å². The average Bonchev–Trinajstić information content (AvgIpc) is 3.15. The summed E-state index contributed by atoms with van der Waals surface area (Å²) in [5, 5.41) is 78.5. The molecule has 1 saturated heterocycles. The van der Waals surface area contributed by atoms with Crippen LogP contribution in [0.1, 0.15) is 73.4 Å². The minimum atomic E-state index is -2.17. The first-order valence-electron chi connectivity index (χ1n) is 17.0. The summed E-state index contributed by atoms with van der Waals surface area (Å²) in [6, 6.07) is 5.89. The number of nitrogens with one attached hydrogen (secondary N) is 1. The van der Waals surface area contributed by atoms with Crippen LogP contribution in [0.4, 0.5) is 5.82 Å². The number of aromatic hydroxyl groups is 1. The van der Waals surface area contributed by atoms with E-state index in [0.717, 1.165) is 0 Å². The number of ketones is 2. The number of fused-ring (bicyclic) bond motifs is 2. The maximum Gasteiger partial charge on any atom is 0.229 e. The fourth-order valence-corrected chi connectivity index (χ4v) is 6.84. The van der Waals surface area contributed by atoms with E-state index in [1.807, 2.05) is 0 Å². The molecule has 0 saturated carbocycles. The largest absolute Gasteiger partial charge is 0.507 e. The number of methoxy groups -OCH3 is 1. The van der Waals surface area contributed by atoms with Crippen LogP contribution in [0.15, 0.2) is 35.5 Å². The molecule has 5 rings (SSSR count). The fourth-order valence-electron chi connectivity index (χ4n) is 6.84. The molecule has 2 heterocycles. The first-order chi connectivity index (χ1) is 25.3. The predicted molar refractivity (Wildman–Crippen MR) is 189 cm³/mol. The van der Waals surface area contributed by atoms with Crippen molar-refractivity contribution in [3.05, 3.63) is 75.0 Å². The van der Waals surface area contributed by atoms with E-state index in [4.69, 9.17) is 25.7 Å². The predicted octanol–water partition coefficient (Wildman–Crippen LogP) is -0.823. The summed E-state index contributed by atoms with van der Waals surface area (Å²) in [5.41, 5.74) is 9.58. The zero-order chi connectivity index (χ0) is 38.6. The molecule has 2 aromatic carbocycles. The number of aryl methyl sites for hydroxylation is 2. The van der Waals surface area contributed by atoms with E-state index in [1.165, 1.54) is 32.5 Å². The van der Waals surface area contributed by atoms with E-state index in [9.17, 15) is 45.3 Å². The number of nitrogen functional groups attached to an aromatic ring is 1. The lowest BCUT2D eigenvalue weighted by Gasteiger charge is -2.48. The number of hydrogen-bond donors (Lipinski definition) is 10. The number of nitrogens with two attached hydrogens (primary N) is 2. The fraction of sp³-hybridized carbons (Fsp3) is 0.444. The van der Waals surface area contributed by atoms with Crippen LogP contribution in [0.2, 0.25) is 0 Å². The number of aliphatic imine (C=N–C) groups is 1. The number of phenolic OH excluding ortho intramolecular Hbond substituents is 1. The maximum atomic E-state index is 14.5. The molecule has 2 aliphatic rings. The van der Waals surface area contributed by atoms with Gasteiger partial charge in [0.2, 0.25) is 12.1 Å². The number of carbonyl (C=O) groups is 2. The van der Waals surface area contributed by atoms with Crippen molar-refractivity contribution in [2.45, 2.75) is 75.5 Å². The normalized spacial score (nSPS) is 22.7. The number of aliphatic hydroxyl groups excluding tert-OH is 5. The van der Waals surface area contributed by atoms with Crippen molar-refractivity contribution in [1.82, 2.24) is 10.3 Å². The SMILES string of the molecule is CN=C(N)NCc1c(CCCCO)cc2c(c1O)C(=O)c1c(O[C@@H]3O[C@H](CO)[C@](O)(CCc4ccnc(N)c4)[C@H](O)[C@H]3O)cc(OC)c(CO)c1C2=O. The van der Waals surface area contributed by atoms with Crippen molar-refractivity contribution >= 4 is 23.3 Å². The minimum absolute atomic E-state index is 0.0509. The first-order valence-corrected chi connectivity index (χ1v) is 17.0. The van der Waals surface area contributed by atoms with Gasteiger partial charge >= 0.3 is 0 Å². The number of rotatable bonds is 14. The Morgan fingerprint density at radius 2 is 1.79 bits per heavy atom. The van der Waals surface area contributed by atoms with Crippen LogP contribution in [0, 0.1) is 0 Å². The molecule has 0 amide bonds. The third kappa shape index (κ3) is 7.50. The van der Waals surface area contributed by atoms with E-state index in [2.05, 4.69) is 15.3 Å². The summed E-state index contributed by atoms with van der Waals surface area (Å²) in [6.07, 6.45) is -4.51. The second-order valence-corrected chi connectivity index (χ2v) is 12.9. The summed E-state index contributed by atoms with van der Waals surface area (Å²) in [7, 11) is 2.72. The first kappa shape index (κ1) is 39.3. The number of nitrogens with zero attached hydrogens (tertiary/aromatic N) is 2. The Morgan fingerprint density at radius 1 is 1.04 bits per heavy atom. The van der Waals surface area contributed by atoms with Crippen molar-refractivity contribution in [3.63, 3.8) is 0 Å². The van der Waals surface area contributed by atoms with Crippen LogP contribution in [-0.4, -0.2) is 116 Å². The Balaban J connectivity index is 1.56. The Labute approximate surface area is 304 Å². The second-order valence-electron chi connectivity index (χ2n) is 12.9. The standard InChI is InChI=1S/C36H45N5O12/c1-39-35(38)41-14-20-18(5-3-4-10-42)12-19-27(30(20)46)31(47)28-23(13-22(51-2)21(15-43)26(28)29(19)45)52-34-32(48)33(49)36(50,24(16-44)53-34)8-6-17-7-9-40-25(37)11-17/h7,9,11-13,24,32-34,42-44,46,48-50H,3-6,8,10,14-16H2,1-2H3,(H2,37,40)(H3,38,39,41)/t24-,32-,33-,34-,36-/m1/s1. The Bertz CT molecular complexity index is 1880. The summed E-state index contributed by atoms with van der Waals surface area (Å²) >= 11 is 0. The highest BCUT2D eigenvalue weighted by molar-refractivity contribution is 6.31. The number of benzene rings is 2. The zero-order valence-electron chi connectivity index (χ0n) is 29.3. The molecule has 1 fully saturated rings. The summed E-state index contributed by atoms with van der Waals surface area (Å²) in [4.78, 5) is 36.6. The molecule has 0 spiro atoms. The zero-order valence-corrected chi connectivity index (χ0v) is 29.3. The summed E-state index contributed by atoms with van der Waals surface area (Å²) < 4.78 is 17.3. The van der Waals surface area contributed by atoms with Gasteiger partial charge in [-0.3, -0.25) is 14.6 Å². The number of guanidine groups is 1. The van der Waals surface area contributed by atoms with Gasteiger partial charge in [0.05, 0.1) is 31.5 Å². The van der Waals surface area contributed by atoms with Gasteiger partial charge < -0.3 is 66.7 Å². The summed E-state index contributed by atoms with van der Waals surface area (Å²) in [6.45, 7) is -1.70. The highest BCUT2D eigenvalue weighted by Crippen LogP contribution is 2.45. The molecular formula is C36H45N5O12. The van der Waals surface area contributed by atoms with Crippen LogP contribution in [0.5, 0.6) is 17.2 Å². The van der Waals surface area contributed by atoms with Crippen LogP contribution in [-0.2, 0) is 30.7 Å². The lowest BCUT2D eigenvalue weighted by atomic mass is 9.78. The number of ether oxygens (including phenoxy) is 3. The lowest BCUT2D eigenvalue weighted by molar-refractivity contribution is -0.314. The molecular weight excluding hydrogens is 694 g/mol. The number of pyridine rings is 1. The third-order valence-electron chi connectivity index (χ3n) is 9.74. The molecule has 1 aliphatic carbocycles. The van der Waals surface area contributed by atoms with Gasteiger partial charge in [0, 0.05) is 54.7 Å². The molecule has 286 valence electrons. The van der Waals surface area contributed by atoms with Crippen LogP contribution >= 0.6 is 0 Å². The Morgan fingerprint density at radius 3 is 2.43 bits per heavy atom. The topological polar surface area (TPSA) is 293 Å². The van der Waals surface area contributed by atoms with Gasteiger partial charge in [-0.2, -0.15) is 0 Å². The molecule has 0 unspecified atom stereocenters. The number of unbranched alkanes of at least 4 members (excludes halogenated alkanes) is 1. The highest BCUT2D eigenvalue weighted by atomic mass is 16.7. The minimum Gasteiger partial charge on any atom is -0.507 e. The number of hydrogen-bond acceptors (Lipinski definition) is 15. The second kappa shape index (κ2) is 16.4. The number of anilines is 1. The van der Waals surface area contributed by atoms with Crippen LogP contribution in [0.3, 0.4) is 0 Å². The van der Waals surface area contributed by atoms with Crippen LogP contribution < -0.4 is 26.3 Å². The van der Waals surface area contributed by atoms with E-state index >= 15 is 0 Å². The number of aliphatic hydroxyl groups is 6. The highest BCUT2D eigenvalue weighted by Gasteiger charge is 2.55. The van der Waals surface area contributed by atoms with E-state index < -0.39 is 66.3 Å². The Kier molecular flexibility index (Phi) is 12.2. The van der Waals surface area contributed by atoms with E-state index in [0.29, 0.717) is 30.4 Å². The summed E-state index contributed by atoms with van der Waals surface area (Å²) in [5.74, 6) is -2.30. The van der Waals surface area contributed by atoms with Gasteiger partial charge in [-0.1, -0.05) is 0 Å². The quantitative estimate of drug-likeness (QED) is 0.0429. The van der Waals surface area contributed by atoms with Crippen molar-refractivity contribution in [1.29, 1.82) is 0 Å². The van der Waals surface area contributed by atoms with Crippen molar-refractivity contribution in [2.24, 2.45) is 10.7 Å². The van der Waals surface area contributed by atoms with Gasteiger partial charge in [-0.05, 0) is 61.4 Å². The molecule has 1 aliphatic heterocycles. The van der Waals surface area contributed by atoms with Gasteiger partial charge in [-0.15, -0.1) is 0 Å². The molecule has 3 aromatic rings. The van der Waals surface area contributed by atoms with Crippen molar-refractivity contribution in [3.8, 4) is 17.2 Å². The van der Waals surface area contributed by atoms with E-state index in [1.54, 1.807) is 12.1 Å². The molecule has 53 heavy (non-hydrogen) atoms. The number of aromatic nitrogens is 1. The van der Waals surface area contributed by atoms with Crippen molar-refractivity contribution < 1.29 is 59.5 Å². The van der Waals surface area contributed by atoms with Crippen LogP contribution in [0.25, 0.3) is 0 Å². The number of carbonyl (C=O) groups excluding carboxylic acids is 2.